The molecule has 1 aromatic heterocycles. The number of nitrogens with zero attached hydrogens (tertiary/aromatic N) is 2. The van der Waals surface area contributed by atoms with Crippen LogP contribution >= 0.6 is 0 Å². The second-order valence-corrected chi connectivity index (χ2v) is 5.33. The van der Waals surface area contributed by atoms with Gasteiger partial charge in [0.15, 0.2) is 0 Å². The molecule has 0 atom stereocenters. The smallest absolute Gasteiger partial charge is 0.228 e. The first-order chi connectivity index (χ1) is 9.83. The zero-order valence-electron chi connectivity index (χ0n) is 11.7. The number of morpholine rings is 1. The summed E-state index contributed by atoms with van der Waals surface area (Å²) in [5.41, 5.74) is 3.36. The summed E-state index contributed by atoms with van der Waals surface area (Å²) in [6, 6.07) is 4.14. The van der Waals surface area contributed by atoms with Gasteiger partial charge >= 0.3 is 0 Å². The van der Waals surface area contributed by atoms with Gasteiger partial charge in [-0.1, -0.05) is 6.07 Å². The van der Waals surface area contributed by atoms with E-state index in [2.05, 4.69) is 16.4 Å². The maximum absolute atomic E-state index is 12.2. The van der Waals surface area contributed by atoms with E-state index in [1.807, 2.05) is 11.0 Å². The van der Waals surface area contributed by atoms with Crippen molar-refractivity contribution in [3.8, 4) is 0 Å². The molecule has 20 heavy (non-hydrogen) atoms. The SMILES string of the molecule is O=C(Cc1ccc2c(n1)CCNCC2)N1CCOCC1. The normalized spacial score (nSPS) is 19.3. The summed E-state index contributed by atoms with van der Waals surface area (Å²) >= 11 is 0. The van der Waals surface area contributed by atoms with Gasteiger partial charge in [0.25, 0.3) is 0 Å². The van der Waals surface area contributed by atoms with Crippen molar-refractivity contribution in [1.82, 2.24) is 15.2 Å². The number of hydrogen-bond acceptors (Lipinski definition) is 4. The number of hydrogen-bond donors (Lipinski definition) is 1. The zero-order valence-corrected chi connectivity index (χ0v) is 11.7. The van der Waals surface area contributed by atoms with E-state index in [4.69, 9.17) is 4.74 Å². The summed E-state index contributed by atoms with van der Waals surface area (Å²) in [5, 5.41) is 3.38. The Balaban J connectivity index is 1.68. The first-order valence-corrected chi connectivity index (χ1v) is 7.37. The lowest BCUT2D eigenvalue weighted by molar-refractivity contribution is -0.134. The standard InChI is InChI=1S/C15H21N3O2/c19-15(18-7-9-20-10-8-18)11-13-2-1-12-3-5-16-6-4-14(12)17-13/h1-2,16H,3-11H2. The van der Waals surface area contributed by atoms with Crippen LogP contribution in [0.25, 0.3) is 0 Å². The van der Waals surface area contributed by atoms with Gasteiger partial charge in [-0.25, -0.2) is 0 Å². The van der Waals surface area contributed by atoms with Crippen LogP contribution in [0.3, 0.4) is 0 Å². The molecule has 0 spiro atoms. The van der Waals surface area contributed by atoms with Gasteiger partial charge in [-0.15, -0.1) is 0 Å². The third-order valence-corrected chi connectivity index (χ3v) is 3.93. The maximum Gasteiger partial charge on any atom is 0.228 e. The Bertz CT molecular complexity index is 484. The molecule has 0 bridgehead atoms. The number of amides is 1. The van der Waals surface area contributed by atoms with Crippen molar-refractivity contribution in [3.63, 3.8) is 0 Å². The second-order valence-electron chi connectivity index (χ2n) is 5.33. The number of carbonyl (C=O) groups is 1. The molecule has 5 heteroatoms. The number of ether oxygens (including phenoxy) is 1. The number of pyridine rings is 1. The molecule has 0 aliphatic carbocycles. The molecule has 1 aromatic rings. The Morgan fingerprint density at radius 3 is 2.90 bits per heavy atom. The van der Waals surface area contributed by atoms with Crippen molar-refractivity contribution < 1.29 is 9.53 Å². The van der Waals surface area contributed by atoms with Crippen LogP contribution in [0.15, 0.2) is 12.1 Å². The predicted octanol–water partition coefficient (Wildman–Crippen LogP) is 0.171. The summed E-state index contributed by atoms with van der Waals surface area (Å²) in [6.45, 7) is 4.69. The summed E-state index contributed by atoms with van der Waals surface area (Å²) < 4.78 is 5.27. The lowest BCUT2D eigenvalue weighted by Crippen LogP contribution is -2.41. The summed E-state index contributed by atoms with van der Waals surface area (Å²) in [4.78, 5) is 18.8. The molecule has 1 N–H and O–H groups in total. The molecule has 3 rings (SSSR count). The van der Waals surface area contributed by atoms with Crippen molar-refractivity contribution in [3.05, 3.63) is 29.1 Å². The summed E-state index contributed by atoms with van der Waals surface area (Å²) in [7, 11) is 0. The highest BCUT2D eigenvalue weighted by Crippen LogP contribution is 2.13. The topological polar surface area (TPSA) is 54.5 Å². The Morgan fingerprint density at radius 1 is 1.25 bits per heavy atom. The van der Waals surface area contributed by atoms with E-state index in [-0.39, 0.29) is 5.91 Å². The molecule has 2 aliphatic rings. The Hall–Kier alpha value is -1.46. The fourth-order valence-electron chi connectivity index (χ4n) is 2.75. The van der Waals surface area contributed by atoms with Gasteiger partial charge in [0.1, 0.15) is 0 Å². The van der Waals surface area contributed by atoms with Crippen molar-refractivity contribution in [2.45, 2.75) is 19.3 Å². The molecule has 2 aliphatic heterocycles. The van der Waals surface area contributed by atoms with E-state index >= 15 is 0 Å². The minimum absolute atomic E-state index is 0.160. The van der Waals surface area contributed by atoms with E-state index in [0.29, 0.717) is 32.7 Å². The van der Waals surface area contributed by atoms with Crippen LogP contribution < -0.4 is 5.32 Å². The molecule has 3 heterocycles. The van der Waals surface area contributed by atoms with Crippen LogP contribution in [-0.4, -0.2) is 55.2 Å². The van der Waals surface area contributed by atoms with Crippen LogP contribution in [0.2, 0.25) is 0 Å². The molecule has 108 valence electrons. The van der Waals surface area contributed by atoms with Gasteiger partial charge in [-0.2, -0.15) is 0 Å². The fraction of sp³-hybridized carbons (Fsp3) is 0.600. The number of carbonyl (C=O) groups excluding carboxylic acids is 1. The number of nitrogens with one attached hydrogen (secondary N) is 1. The minimum Gasteiger partial charge on any atom is -0.378 e. The third kappa shape index (κ3) is 3.16. The van der Waals surface area contributed by atoms with Crippen LogP contribution in [0.4, 0.5) is 0 Å². The van der Waals surface area contributed by atoms with Gasteiger partial charge < -0.3 is 15.0 Å². The number of aromatic nitrogens is 1. The Labute approximate surface area is 119 Å². The number of fused-ring (bicyclic) bond motifs is 1. The molecule has 5 nitrogen and oxygen atoms in total. The third-order valence-electron chi connectivity index (χ3n) is 3.93. The van der Waals surface area contributed by atoms with Crippen molar-refractivity contribution in [2.24, 2.45) is 0 Å². The molecule has 0 saturated carbocycles. The highest BCUT2D eigenvalue weighted by atomic mass is 16.5. The van der Waals surface area contributed by atoms with Crippen molar-refractivity contribution >= 4 is 5.91 Å². The largest absolute Gasteiger partial charge is 0.378 e. The monoisotopic (exact) mass is 275 g/mol. The quantitative estimate of drug-likeness (QED) is 0.836. The minimum atomic E-state index is 0.160. The van der Waals surface area contributed by atoms with Crippen LogP contribution in [0.5, 0.6) is 0 Å². The van der Waals surface area contributed by atoms with Crippen LogP contribution in [-0.2, 0) is 28.8 Å². The molecule has 1 saturated heterocycles. The van der Waals surface area contributed by atoms with E-state index < -0.39 is 0 Å². The van der Waals surface area contributed by atoms with Crippen molar-refractivity contribution in [2.75, 3.05) is 39.4 Å². The van der Waals surface area contributed by atoms with Gasteiger partial charge in [0, 0.05) is 31.7 Å². The van der Waals surface area contributed by atoms with Gasteiger partial charge in [-0.3, -0.25) is 9.78 Å². The van der Waals surface area contributed by atoms with E-state index in [0.717, 1.165) is 37.3 Å². The van der Waals surface area contributed by atoms with Crippen LogP contribution in [0.1, 0.15) is 17.0 Å². The molecule has 1 amide bonds. The molecule has 0 radical (unpaired) electrons. The average Bonchev–Trinajstić information content (AvgIpc) is 2.73. The molecule has 0 aromatic carbocycles. The Morgan fingerprint density at radius 2 is 2.05 bits per heavy atom. The molecule has 0 unspecified atom stereocenters. The van der Waals surface area contributed by atoms with Crippen LogP contribution in [0, 0.1) is 0 Å². The Kier molecular flexibility index (Phi) is 4.28. The summed E-state index contributed by atoms with van der Waals surface area (Å²) in [6.07, 6.45) is 2.38. The van der Waals surface area contributed by atoms with Gasteiger partial charge in [0.05, 0.1) is 25.3 Å². The lowest BCUT2D eigenvalue weighted by atomic mass is 10.1. The van der Waals surface area contributed by atoms with E-state index in [1.54, 1.807) is 0 Å². The highest BCUT2D eigenvalue weighted by Gasteiger charge is 2.18. The average molecular weight is 275 g/mol. The van der Waals surface area contributed by atoms with E-state index in [9.17, 15) is 4.79 Å². The lowest BCUT2D eigenvalue weighted by Gasteiger charge is -2.26. The molecule has 1 fully saturated rings. The first-order valence-electron chi connectivity index (χ1n) is 7.37. The van der Waals surface area contributed by atoms with Gasteiger partial charge in [-0.05, 0) is 24.6 Å². The van der Waals surface area contributed by atoms with Gasteiger partial charge in [0.2, 0.25) is 5.91 Å². The molecular weight excluding hydrogens is 254 g/mol. The molecular formula is C15H21N3O2. The zero-order chi connectivity index (χ0) is 13.8. The van der Waals surface area contributed by atoms with Crippen molar-refractivity contribution in [1.29, 1.82) is 0 Å². The second kappa shape index (κ2) is 6.33. The number of rotatable bonds is 2. The van der Waals surface area contributed by atoms with E-state index in [1.165, 1.54) is 5.56 Å². The maximum atomic E-state index is 12.2. The predicted molar refractivity (Wildman–Crippen MR) is 75.6 cm³/mol. The fourth-order valence-corrected chi connectivity index (χ4v) is 2.75. The summed E-state index contributed by atoms with van der Waals surface area (Å²) in [5.74, 6) is 0.160. The highest BCUT2D eigenvalue weighted by molar-refractivity contribution is 5.78. The first kappa shape index (κ1) is 13.5.